The molecule has 0 aromatic heterocycles. The lowest BCUT2D eigenvalue weighted by atomic mass is 9.72. The van der Waals surface area contributed by atoms with Crippen molar-refractivity contribution in [3.05, 3.63) is 55.0 Å². The van der Waals surface area contributed by atoms with Crippen molar-refractivity contribution in [2.45, 2.75) is 180 Å². The van der Waals surface area contributed by atoms with Gasteiger partial charge in [0.05, 0.1) is 12.3 Å². The first-order valence-electron chi connectivity index (χ1n) is 20.4. The molecular formula is C44H73N2O5S. The van der Waals surface area contributed by atoms with Crippen molar-refractivity contribution in [3.63, 3.8) is 0 Å². The third kappa shape index (κ3) is 17.9. The van der Waals surface area contributed by atoms with Crippen molar-refractivity contribution in [1.29, 1.82) is 0 Å². The highest BCUT2D eigenvalue weighted by Gasteiger charge is 2.30. The molecule has 0 saturated heterocycles. The molecule has 295 valence electrons. The van der Waals surface area contributed by atoms with Crippen LogP contribution in [0.15, 0.2) is 47.4 Å². The fourth-order valence-corrected chi connectivity index (χ4v) is 8.28. The second-order valence-corrected chi connectivity index (χ2v) is 18.1. The number of ether oxygens (including phenoxy) is 2. The molecule has 0 heterocycles. The summed E-state index contributed by atoms with van der Waals surface area (Å²) in [6.45, 7) is 19.9. The number of unbranched alkanes of at least 4 members (excludes halogenated alkanes) is 14. The van der Waals surface area contributed by atoms with Gasteiger partial charge < -0.3 is 14.8 Å². The van der Waals surface area contributed by atoms with Gasteiger partial charge in [0.2, 0.25) is 0 Å². The first-order valence-corrected chi connectivity index (χ1v) is 21.8. The summed E-state index contributed by atoms with van der Waals surface area (Å²) in [5.41, 5.74) is 1.10. The van der Waals surface area contributed by atoms with Gasteiger partial charge in [0.25, 0.3) is 15.9 Å². The van der Waals surface area contributed by atoms with E-state index in [9.17, 15) is 13.2 Å². The highest BCUT2D eigenvalue weighted by Crippen LogP contribution is 2.39. The fourth-order valence-electron chi connectivity index (χ4n) is 7.06. The van der Waals surface area contributed by atoms with Crippen LogP contribution in [-0.4, -0.2) is 33.6 Å². The third-order valence-electron chi connectivity index (χ3n) is 9.52. The molecule has 2 aromatic rings. The van der Waals surface area contributed by atoms with E-state index in [4.69, 9.17) is 9.47 Å². The maximum atomic E-state index is 14.1. The van der Waals surface area contributed by atoms with Crippen LogP contribution in [-0.2, 0) is 20.2 Å². The minimum Gasteiger partial charge on any atom is -0.492 e. The Hall–Kier alpha value is -2.74. The van der Waals surface area contributed by atoms with E-state index in [2.05, 4.69) is 65.4 Å². The first kappa shape index (κ1) is 45.4. The topological polar surface area (TPSA) is 93.7 Å². The summed E-state index contributed by atoms with van der Waals surface area (Å²) in [4.78, 5) is 13.1. The van der Waals surface area contributed by atoms with Gasteiger partial charge in [-0.1, -0.05) is 150 Å². The zero-order valence-corrected chi connectivity index (χ0v) is 34.7. The Labute approximate surface area is 318 Å². The maximum absolute atomic E-state index is 14.1. The Morgan fingerprint density at radius 2 is 1.35 bits per heavy atom. The van der Waals surface area contributed by atoms with Crippen LogP contribution in [0.25, 0.3) is 0 Å². The molecule has 0 aliphatic carbocycles. The number of nitrogens with one attached hydrogen (secondary N) is 2. The van der Waals surface area contributed by atoms with Gasteiger partial charge in [-0.15, -0.1) is 0 Å². The van der Waals surface area contributed by atoms with Crippen molar-refractivity contribution < 1.29 is 22.7 Å². The monoisotopic (exact) mass is 742 g/mol. The van der Waals surface area contributed by atoms with Crippen molar-refractivity contribution >= 4 is 21.6 Å². The number of amides is 1. The lowest BCUT2D eigenvalue weighted by Gasteiger charge is -2.33. The zero-order valence-electron chi connectivity index (χ0n) is 33.9. The average Bonchev–Trinajstić information content (AvgIpc) is 3.07. The number of carbonyl (C=O) groups is 1. The first-order chi connectivity index (χ1) is 24.7. The van der Waals surface area contributed by atoms with Crippen LogP contribution in [0.2, 0.25) is 0 Å². The van der Waals surface area contributed by atoms with E-state index in [1.54, 1.807) is 30.3 Å². The molecule has 0 aliphatic heterocycles. The van der Waals surface area contributed by atoms with Gasteiger partial charge in [-0.2, -0.15) is 0 Å². The summed E-state index contributed by atoms with van der Waals surface area (Å²) in [6.07, 6.45) is 19.6. The molecule has 2 N–H and O–H groups in total. The van der Waals surface area contributed by atoms with Crippen LogP contribution in [0.1, 0.15) is 170 Å². The van der Waals surface area contributed by atoms with Crippen molar-refractivity contribution in [2.75, 3.05) is 17.9 Å². The summed E-state index contributed by atoms with van der Waals surface area (Å²) in [5, 5.41) is 2.80. The lowest BCUT2D eigenvalue weighted by Crippen LogP contribution is -2.38. The molecule has 1 radical (unpaired) electrons. The van der Waals surface area contributed by atoms with E-state index in [0.29, 0.717) is 30.2 Å². The lowest BCUT2D eigenvalue weighted by molar-refractivity contribution is -0.128. The van der Waals surface area contributed by atoms with E-state index in [-0.39, 0.29) is 28.2 Å². The fraction of sp³-hybridized carbons (Fsp3) is 0.682. The zero-order chi connectivity index (χ0) is 38.5. The highest BCUT2D eigenvalue weighted by atomic mass is 32.2. The number of anilines is 1. The maximum Gasteiger partial charge on any atom is 0.265 e. The molecule has 0 aliphatic rings. The van der Waals surface area contributed by atoms with Crippen molar-refractivity contribution in [1.82, 2.24) is 5.32 Å². The number of carbonyl (C=O) groups excluding carboxylic acids is 1. The minimum absolute atomic E-state index is 0.0597. The van der Waals surface area contributed by atoms with Gasteiger partial charge in [0.1, 0.15) is 16.4 Å². The van der Waals surface area contributed by atoms with Crippen LogP contribution < -0.4 is 19.5 Å². The van der Waals surface area contributed by atoms with E-state index < -0.39 is 16.1 Å². The molecule has 1 unspecified atom stereocenters. The molecule has 0 bridgehead atoms. The Morgan fingerprint density at radius 1 is 0.769 bits per heavy atom. The number of sulfonamides is 1. The second-order valence-electron chi connectivity index (χ2n) is 16.4. The quantitative estimate of drug-likeness (QED) is 0.0847. The van der Waals surface area contributed by atoms with Gasteiger partial charge in [-0.05, 0) is 73.3 Å². The molecule has 8 heteroatoms. The van der Waals surface area contributed by atoms with Gasteiger partial charge in [-0.25, -0.2) is 8.42 Å². The van der Waals surface area contributed by atoms with Crippen LogP contribution in [0.5, 0.6) is 11.5 Å². The third-order valence-corrected chi connectivity index (χ3v) is 10.9. The Kier molecular flexibility index (Phi) is 20.8. The number of benzene rings is 2. The van der Waals surface area contributed by atoms with E-state index in [1.807, 2.05) is 12.1 Å². The van der Waals surface area contributed by atoms with Gasteiger partial charge in [-0.3, -0.25) is 9.52 Å². The van der Waals surface area contributed by atoms with Gasteiger partial charge in [0, 0.05) is 12.6 Å². The SMILES string of the molecule is [CH2]CNC(=O)C(CCCCCCCCCCCC)Oc1cccc(NS(=O)(=O)c2cc(C(C)(C)CC(C)(C)C)ccc2OCCCCCCCC)c1. The van der Waals surface area contributed by atoms with E-state index in [1.165, 1.54) is 64.2 Å². The summed E-state index contributed by atoms with van der Waals surface area (Å²) < 4.78 is 43.4. The minimum atomic E-state index is -4.05. The molecule has 52 heavy (non-hydrogen) atoms. The van der Waals surface area contributed by atoms with Crippen LogP contribution in [0.3, 0.4) is 0 Å². The van der Waals surface area contributed by atoms with Crippen molar-refractivity contribution in [2.24, 2.45) is 5.41 Å². The molecule has 0 spiro atoms. The predicted octanol–water partition coefficient (Wildman–Crippen LogP) is 11.9. The second kappa shape index (κ2) is 23.8. The van der Waals surface area contributed by atoms with E-state index in [0.717, 1.165) is 50.5 Å². The molecule has 7 nitrogen and oxygen atoms in total. The smallest absolute Gasteiger partial charge is 0.265 e. The summed E-state index contributed by atoms with van der Waals surface area (Å²) in [5.74, 6) is 0.569. The normalized spacial score (nSPS) is 12.8. The predicted molar refractivity (Wildman–Crippen MR) is 219 cm³/mol. The molecule has 0 fully saturated rings. The van der Waals surface area contributed by atoms with Crippen molar-refractivity contribution in [3.8, 4) is 11.5 Å². The Balaban J connectivity index is 2.19. The molecule has 0 saturated carbocycles. The number of hydrogen-bond acceptors (Lipinski definition) is 5. The number of hydrogen-bond donors (Lipinski definition) is 2. The van der Waals surface area contributed by atoms with Crippen LogP contribution in [0.4, 0.5) is 5.69 Å². The largest absolute Gasteiger partial charge is 0.492 e. The van der Waals surface area contributed by atoms with Crippen LogP contribution in [0, 0.1) is 12.3 Å². The molecule has 2 rings (SSSR count). The van der Waals surface area contributed by atoms with Crippen LogP contribution >= 0.6 is 0 Å². The standard InChI is InChI=1S/C44H73N2O5S/c1-9-12-14-16-18-19-20-21-22-24-29-40(42(47)45-11-3)51-38-28-26-27-37(34-38)46-52(48,49)41-33-36(44(7,8)35-43(4,5)6)30-31-39(41)50-32-25-23-17-15-13-10-2/h26-28,30-31,33-34,40,46H,3,9-25,29,32,35H2,1-2,4-8H3,(H,45,47). The Morgan fingerprint density at radius 3 is 1.92 bits per heavy atom. The summed E-state index contributed by atoms with van der Waals surface area (Å²) in [7, 11) is -4.05. The number of rotatable bonds is 28. The Bertz CT molecular complexity index is 1400. The van der Waals surface area contributed by atoms with Gasteiger partial charge in [0.15, 0.2) is 6.10 Å². The van der Waals surface area contributed by atoms with Gasteiger partial charge >= 0.3 is 0 Å². The van der Waals surface area contributed by atoms with E-state index >= 15 is 0 Å². The summed E-state index contributed by atoms with van der Waals surface area (Å²) in [6, 6.07) is 12.4. The average molecular weight is 742 g/mol. The molecular weight excluding hydrogens is 669 g/mol. The molecule has 1 atom stereocenters. The molecule has 1 amide bonds. The summed E-state index contributed by atoms with van der Waals surface area (Å²) >= 11 is 0. The highest BCUT2D eigenvalue weighted by molar-refractivity contribution is 7.92. The molecule has 2 aromatic carbocycles.